The lowest BCUT2D eigenvalue weighted by atomic mass is 10.2. The highest BCUT2D eigenvalue weighted by Crippen LogP contribution is 2.20. The lowest BCUT2D eigenvalue weighted by Gasteiger charge is -2.29. The van der Waals surface area contributed by atoms with Gasteiger partial charge in [0.05, 0.1) is 37.6 Å². The van der Waals surface area contributed by atoms with Crippen molar-refractivity contribution < 1.29 is 44.3 Å². The molecule has 0 spiro atoms. The largest absolute Gasteiger partial charge is 0.482 e. The van der Waals surface area contributed by atoms with E-state index in [1.807, 2.05) is 0 Å². The van der Waals surface area contributed by atoms with E-state index in [1.165, 1.54) is 0 Å². The molecule has 0 unspecified atom stereocenters. The summed E-state index contributed by atoms with van der Waals surface area (Å²) >= 11 is 0. The first-order valence-electron chi connectivity index (χ1n) is 11.0. The van der Waals surface area contributed by atoms with Crippen molar-refractivity contribution in [2.75, 3.05) is 65.6 Å². The zero-order valence-electron chi connectivity index (χ0n) is 19.3. The molecule has 1 aromatic rings. The number of rotatable bonds is 11. The van der Waals surface area contributed by atoms with Crippen molar-refractivity contribution in [3.05, 3.63) is 23.5 Å². The Morgan fingerprint density at radius 2 is 1.40 bits per heavy atom. The van der Waals surface area contributed by atoms with Crippen molar-refractivity contribution >= 4 is 23.8 Å². The Morgan fingerprint density at radius 3 is 1.97 bits per heavy atom. The Bertz CT molecular complexity index is 898. The highest BCUT2D eigenvalue weighted by molar-refractivity contribution is 5.77. The lowest BCUT2D eigenvalue weighted by Crippen LogP contribution is -2.44. The van der Waals surface area contributed by atoms with Gasteiger partial charge < -0.3 is 30.5 Å². The van der Waals surface area contributed by atoms with Gasteiger partial charge in [0, 0.05) is 45.8 Å². The second-order valence-corrected chi connectivity index (χ2v) is 7.99. The monoisotopic (exact) mass is 497 g/mol. The topological polar surface area (TPSA) is 193 Å². The predicted octanol–water partition coefficient (Wildman–Crippen LogP) is -2.26. The van der Waals surface area contributed by atoms with Crippen LogP contribution in [-0.2, 0) is 32.3 Å². The van der Waals surface area contributed by atoms with E-state index < -0.39 is 23.8 Å². The number of hydrogen-bond acceptors (Lipinski definition) is 10. The Balaban J connectivity index is 2.33. The van der Waals surface area contributed by atoms with Crippen molar-refractivity contribution in [2.24, 2.45) is 0 Å². The summed E-state index contributed by atoms with van der Waals surface area (Å²) in [7, 11) is 0. The Kier molecular flexibility index (Phi) is 11.3. The van der Waals surface area contributed by atoms with E-state index in [0.29, 0.717) is 11.4 Å². The van der Waals surface area contributed by atoms with Gasteiger partial charge in [-0.3, -0.25) is 38.9 Å². The molecule has 35 heavy (non-hydrogen) atoms. The lowest BCUT2D eigenvalue weighted by molar-refractivity contribution is -0.140. The van der Waals surface area contributed by atoms with E-state index in [4.69, 9.17) is 9.84 Å². The number of aliphatic carboxylic acids is 3. The highest BCUT2D eigenvalue weighted by atomic mass is 16.5. The van der Waals surface area contributed by atoms with Gasteiger partial charge >= 0.3 is 17.9 Å². The van der Waals surface area contributed by atoms with Crippen molar-refractivity contribution in [3.63, 3.8) is 0 Å². The van der Waals surface area contributed by atoms with Gasteiger partial charge in [0.1, 0.15) is 5.75 Å². The molecule has 1 amide bonds. The van der Waals surface area contributed by atoms with Gasteiger partial charge in [-0.25, -0.2) is 0 Å². The number of aliphatic hydroxyl groups excluding tert-OH is 1. The number of ether oxygens (including phenoxy) is 1. The first kappa shape index (κ1) is 27.9. The smallest absolute Gasteiger partial charge is 0.317 e. The number of carboxylic acid groups (broad SMARTS) is 3. The van der Waals surface area contributed by atoms with E-state index in [9.17, 15) is 34.5 Å². The molecular formula is C21H31N5O9. The number of fused-ring (bicyclic) bond motifs is 2. The molecule has 2 rings (SSSR count). The highest BCUT2D eigenvalue weighted by Gasteiger charge is 2.21. The van der Waals surface area contributed by atoms with Crippen LogP contribution in [0.25, 0.3) is 0 Å². The van der Waals surface area contributed by atoms with Crippen LogP contribution in [0, 0.1) is 0 Å². The third kappa shape index (κ3) is 10.6. The average Bonchev–Trinajstić information content (AvgIpc) is 2.76. The van der Waals surface area contributed by atoms with E-state index in [0.717, 1.165) is 0 Å². The third-order valence-corrected chi connectivity index (χ3v) is 5.08. The van der Waals surface area contributed by atoms with Crippen LogP contribution >= 0.6 is 0 Å². The second-order valence-electron chi connectivity index (χ2n) is 7.99. The summed E-state index contributed by atoms with van der Waals surface area (Å²) in [6.07, 6.45) is 0. The average molecular weight is 498 g/mol. The summed E-state index contributed by atoms with van der Waals surface area (Å²) in [6, 6.07) is 3.22. The van der Waals surface area contributed by atoms with Crippen LogP contribution in [0.1, 0.15) is 11.4 Å². The number of carbonyl (C=O) groups excluding carboxylic acids is 1. The standard InChI is InChI=1S/C21H31N5O9/c27-8-3-22-18(28)14-35-17-2-1-15-9-25(12-20(31)32)6-4-24(11-19(29)30)5-7-26(13-21(33)34)10-16(17)23-15/h1-2,27H,3-14H2,(H,22,28)(H,29,30)(H,31,32)(H,33,34). The maximum absolute atomic E-state index is 11.9. The molecule has 1 aliphatic rings. The molecule has 1 aromatic heterocycles. The second kappa shape index (κ2) is 14.2. The third-order valence-electron chi connectivity index (χ3n) is 5.08. The van der Waals surface area contributed by atoms with Crippen LogP contribution in [0.5, 0.6) is 5.75 Å². The fourth-order valence-electron chi connectivity index (χ4n) is 3.53. The Morgan fingerprint density at radius 1 is 0.857 bits per heavy atom. The molecule has 2 heterocycles. The van der Waals surface area contributed by atoms with Gasteiger partial charge in [0.15, 0.2) is 6.61 Å². The van der Waals surface area contributed by atoms with Gasteiger partial charge in [0.25, 0.3) is 5.91 Å². The van der Waals surface area contributed by atoms with E-state index in [-0.39, 0.29) is 84.4 Å². The van der Waals surface area contributed by atoms with Gasteiger partial charge in [-0.2, -0.15) is 0 Å². The molecular weight excluding hydrogens is 466 g/mol. The molecule has 194 valence electrons. The van der Waals surface area contributed by atoms with Gasteiger partial charge in [0.2, 0.25) is 0 Å². The predicted molar refractivity (Wildman–Crippen MR) is 120 cm³/mol. The zero-order chi connectivity index (χ0) is 25.8. The molecule has 0 fully saturated rings. The number of aliphatic hydroxyl groups is 1. The van der Waals surface area contributed by atoms with Crippen molar-refractivity contribution in [1.29, 1.82) is 0 Å². The van der Waals surface area contributed by atoms with Crippen LogP contribution in [0.3, 0.4) is 0 Å². The number of amides is 1. The minimum absolute atomic E-state index is 0.0492. The van der Waals surface area contributed by atoms with Crippen molar-refractivity contribution in [2.45, 2.75) is 13.1 Å². The van der Waals surface area contributed by atoms with Gasteiger partial charge in [-0.15, -0.1) is 0 Å². The first-order chi connectivity index (χ1) is 16.7. The maximum atomic E-state index is 11.9. The van der Waals surface area contributed by atoms with Crippen molar-refractivity contribution in [1.82, 2.24) is 25.0 Å². The summed E-state index contributed by atoms with van der Waals surface area (Å²) < 4.78 is 5.59. The van der Waals surface area contributed by atoms with Gasteiger partial charge in [-0.1, -0.05) is 0 Å². The minimum Gasteiger partial charge on any atom is -0.482 e. The van der Waals surface area contributed by atoms with Crippen molar-refractivity contribution in [3.8, 4) is 5.75 Å². The number of pyridine rings is 1. The molecule has 0 radical (unpaired) electrons. The molecule has 0 saturated heterocycles. The van der Waals surface area contributed by atoms with E-state index in [2.05, 4.69) is 10.3 Å². The molecule has 0 atom stereocenters. The Hall–Kier alpha value is -3.33. The number of nitrogens with zero attached hydrogens (tertiary/aromatic N) is 4. The van der Waals surface area contributed by atoms with Gasteiger partial charge in [-0.05, 0) is 12.1 Å². The van der Waals surface area contributed by atoms with Crippen LogP contribution in [0.4, 0.5) is 0 Å². The number of carboxylic acids is 3. The maximum Gasteiger partial charge on any atom is 0.317 e. The number of nitrogens with one attached hydrogen (secondary N) is 1. The molecule has 1 aliphatic heterocycles. The molecule has 0 saturated carbocycles. The number of hydrogen-bond donors (Lipinski definition) is 5. The van der Waals surface area contributed by atoms with Crippen LogP contribution in [0.15, 0.2) is 12.1 Å². The first-order valence-corrected chi connectivity index (χ1v) is 11.0. The molecule has 0 aliphatic carbocycles. The molecule has 14 nitrogen and oxygen atoms in total. The molecule has 2 bridgehead atoms. The summed E-state index contributed by atoms with van der Waals surface area (Å²) in [5, 5.41) is 39.2. The minimum atomic E-state index is -1.07. The fourth-order valence-corrected chi connectivity index (χ4v) is 3.53. The summed E-state index contributed by atoms with van der Waals surface area (Å²) in [6.45, 7) is -0.164. The van der Waals surface area contributed by atoms with Crippen LogP contribution < -0.4 is 10.1 Å². The van der Waals surface area contributed by atoms with Crippen LogP contribution in [-0.4, -0.2) is 129 Å². The van der Waals surface area contributed by atoms with Crippen LogP contribution in [0.2, 0.25) is 0 Å². The number of aromatic nitrogens is 1. The normalized spacial score (nSPS) is 16.0. The fraction of sp³-hybridized carbons (Fsp3) is 0.571. The summed E-state index contributed by atoms with van der Waals surface area (Å²) in [5.41, 5.74) is 0.873. The summed E-state index contributed by atoms with van der Waals surface area (Å²) in [4.78, 5) is 55.3. The zero-order valence-corrected chi connectivity index (χ0v) is 19.3. The molecule has 5 N–H and O–H groups in total. The molecule has 0 aromatic carbocycles. The Labute approximate surface area is 201 Å². The summed E-state index contributed by atoms with van der Waals surface area (Å²) in [5.74, 6) is -3.36. The quantitative estimate of drug-likeness (QED) is 0.220. The van der Waals surface area contributed by atoms with E-state index in [1.54, 1.807) is 26.8 Å². The number of carbonyl (C=O) groups is 4. The molecule has 14 heteroatoms. The SMILES string of the molecule is O=C(O)CN1CCN(CC(=O)O)Cc2ccc(OCC(=O)NCCO)c(n2)CN(CC(=O)O)CC1. The van der Waals surface area contributed by atoms with E-state index >= 15 is 0 Å².